The first-order valence-electron chi connectivity index (χ1n) is 8.62. The first-order chi connectivity index (χ1) is 13.6. The first-order valence-corrected chi connectivity index (χ1v) is 9.00. The van der Waals surface area contributed by atoms with Crippen LogP contribution in [0, 0.1) is 5.82 Å². The minimum Gasteiger partial charge on any atom is -0.481 e. The highest BCUT2D eigenvalue weighted by Gasteiger charge is 2.10. The lowest BCUT2D eigenvalue weighted by Gasteiger charge is -2.11. The van der Waals surface area contributed by atoms with Crippen LogP contribution in [0.15, 0.2) is 48.9 Å². The molecule has 0 atom stereocenters. The molecule has 6 nitrogen and oxygen atoms in total. The van der Waals surface area contributed by atoms with Gasteiger partial charge in [-0.15, -0.1) is 0 Å². The van der Waals surface area contributed by atoms with E-state index in [2.05, 4.69) is 25.3 Å². The number of methoxy groups -OCH3 is 1. The molecule has 28 heavy (non-hydrogen) atoms. The summed E-state index contributed by atoms with van der Waals surface area (Å²) in [5, 5.41) is 4.59. The van der Waals surface area contributed by atoms with E-state index < -0.39 is 5.82 Å². The van der Waals surface area contributed by atoms with E-state index in [1.807, 2.05) is 30.5 Å². The van der Waals surface area contributed by atoms with E-state index in [1.165, 1.54) is 13.2 Å². The Morgan fingerprint density at radius 1 is 1.18 bits per heavy atom. The summed E-state index contributed by atoms with van der Waals surface area (Å²) in [7, 11) is 1.49. The van der Waals surface area contributed by atoms with Crippen molar-refractivity contribution in [3.63, 3.8) is 0 Å². The maximum atomic E-state index is 13.4. The monoisotopic (exact) mass is 397 g/mol. The second-order valence-corrected chi connectivity index (χ2v) is 6.57. The summed E-state index contributed by atoms with van der Waals surface area (Å²) in [6.45, 7) is 0.310. The van der Waals surface area contributed by atoms with Gasteiger partial charge in [0.2, 0.25) is 5.88 Å². The number of ether oxygens (including phenoxy) is 1. The van der Waals surface area contributed by atoms with Gasteiger partial charge in [-0.2, -0.15) is 0 Å². The third-order valence-electron chi connectivity index (χ3n) is 4.39. The number of nitrogens with one attached hydrogen (secondary N) is 2. The second-order valence-electron chi connectivity index (χ2n) is 6.21. The molecule has 0 bridgehead atoms. The molecule has 0 aromatic carbocycles. The molecule has 0 radical (unpaired) electrons. The van der Waals surface area contributed by atoms with Crippen LogP contribution in [-0.4, -0.2) is 27.0 Å². The average molecular weight is 398 g/mol. The third-order valence-corrected chi connectivity index (χ3v) is 4.72. The molecule has 0 aliphatic rings. The van der Waals surface area contributed by atoms with E-state index in [0.29, 0.717) is 35.4 Å². The van der Waals surface area contributed by atoms with Gasteiger partial charge in [0.05, 0.1) is 13.3 Å². The van der Waals surface area contributed by atoms with Crippen molar-refractivity contribution < 1.29 is 9.13 Å². The number of hydrogen-bond donors (Lipinski definition) is 2. The number of aromatic nitrogens is 4. The molecule has 4 aromatic heterocycles. The fourth-order valence-electron chi connectivity index (χ4n) is 3.02. The number of H-pyrrole nitrogens is 1. The number of halogens is 2. The van der Waals surface area contributed by atoms with Crippen molar-refractivity contribution >= 4 is 28.5 Å². The number of pyridine rings is 3. The minimum absolute atomic E-state index is 0.310. The first kappa shape index (κ1) is 18.2. The van der Waals surface area contributed by atoms with Crippen molar-refractivity contribution in [3.8, 4) is 5.88 Å². The van der Waals surface area contributed by atoms with E-state index in [-0.39, 0.29) is 0 Å². The van der Waals surface area contributed by atoms with Crippen molar-refractivity contribution in [1.82, 2.24) is 19.9 Å². The van der Waals surface area contributed by atoms with Crippen LogP contribution >= 0.6 is 11.6 Å². The standard InChI is InChI=1S/C20H17ClFN5O/c1-28-20-14(8-15(22)11-26-20)10-24-17-5-4-12(18(21)27-17)7-13-9-25-19-16(13)3-2-6-23-19/h2-6,8-9,11H,7,10H2,1H3,(H,23,25)(H,24,27). The number of rotatable bonds is 6. The Hall–Kier alpha value is -3.19. The zero-order valence-electron chi connectivity index (χ0n) is 15.0. The molecule has 0 saturated carbocycles. The molecule has 0 aliphatic carbocycles. The maximum absolute atomic E-state index is 13.4. The summed E-state index contributed by atoms with van der Waals surface area (Å²) in [4.78, 5) is 15.8. The Kier molecular flexibility index (Phi) is 5.08. The largest absolute Gasteiger partial charge is 0.481 e. The molecule has 0 spiro atoms. The van der Waals surface area contributed by atoms with Crippen LogP contribution in [-0.2, 0) is 13.0 Å². The van der Waals surface area contributed by atoms with Gasteiger partial charge in [-0.1, -0.05) is 17.7 Å². The third kappa shape index (κ3) is 3.75. The Morgan fingerprint density at radius 3 is 2.89 bits per heavy atom. The highest BCUT2D eigenvalue weighted by atomic mass is 35.5. The topological polar surface area (TPSA) is 75.7 Å². The van der Waals surface area contributed by atoms with E-state index >= 15 is 0 Å². The number of fused-ring (bicyclic) bond motifs is 1. The molecule has 4 heterocycles. The lowest BCUT2D eigenvalue weighted by atomic mass is 10.1. The number of nitrogens with zero attached hydrogens (tertiary/aromatic N) is 3. The predicted octanol–water partition coefficient (Wildman–Crippen LogP) is 4.36. The zero-order valence-corrected chi connectivity index (χ0v) is 15.8. The molecule has 8 heteroatoms. The van der Waals surface area contributed by atoms with Gasteiger partial charge in [0.25, 0.3) is 0 Å². The average Bonchev–Trinajstić information content (AvgIpc) is 3.11. The Labute approximate surface area is 165 Å². The molecule has 0 aliphatic heterocycles. The van der Waals surface area contributed by atoms with Gasteiger partial charge in [0, 0.05) is 36.3 Å². The zero-order chi connectivity index (χ0) is 19.5. The molecule has 0 unspecified atom stereocenters. The molecule has 0 fully saturated rings. The SMILES string of the molecule is COc1ncc(F)cc1CNc1ccc(Cc2c[nH]c3ncccc23)c(Cl)n1. The van der Waals surface area contributed by atoms with Crippen molar-refractivity contribution in [1.29, 1.82) is 0 Å². The van der Waals surface area contributed by atoms with E-state index in [1.54, 1.807) is 6.20 Å². The molecule has 4 rings (SSSR count). The normalized spacial score (nSPS) is 11.0. The van der Waals surface area contributed by atoms with Gasteiger partial charge in [-0.3, -0.25) is 0 Å². The predicted molar refractivity (Wildman–Crippen MR) is 106 cm³/mol. The molecular formula is C20H17ClFN5O. The number of anilines is 1. The summed E-state index contributed by atoms with van der Waals surface area (Å²) >= 11 is 6.39. The highest BCUT2D eigenvalue weighted by molar-refractivity contribution is 6.30. The van der Waals surface area contributed by atoms with Crippen LogP contribution in [0.5, 0.6) is 5.88 Å². The summed E-state index contributed by atoms with van der Waals surface area (Å²) in [5.41, 5.74) is 3.44. The smallest absolute Gasteiger partial charge is 0.218 e. The van der Waals surface area contributed by atoms with Crippen LogP contribution < -0.4 is 10.1 Å². The van der Waals surface area contributed by atoms with Gasteiger partial charge < -0.3 is 15.0 Å². The summed E-state index contributed by atoms with van der Waals surface area (Å²) in [5.74, 6) is 0.525. The van der Waals surface area contributed by atoms with Crippen LogP contribution in [0.2, 0.25) is 5.15 Å². The van der Waals surface area contributed by atoms with Crippen LogP contribution in [0.3, 0.4) is 0 Å². The molecular weight excluding hydrogens is 381 g/mol. The minimum atomic E-state index is -0.424. The Morgan fingerprint density at radius 2 is 2.07 bits per heavy atom. The van der Waals surface area contributed by atoms with Crippen molar-refractivity contribution in [3.05, 3.63) is 76.6 Å². The van der Waals surface area contributed by atoms with Crippen molar-refractivity contribution in [2.24, 2.45) is 0 Å². The van der Waals surface area contributed by atoms with Gasteiger partial charge in [-0.25, -0.2) is 19.3 Å². The quantitative estimate of drug-likeness (QED) is 0.473. The molecule has 0 saturated heterocycles. The Balaban J connectivity index is 1.50. The van der Waals surface area contributed by atoms with E-state index in [4.69, 9.17) is 16.3 Å². The van der Waals surface area contributed by atoms with Gasteiger partial charge in [0.1, 0.15) is 22.4 Å². The fourth-order valence-corrected chi connectivity index (χ4v) is 3.24. The number of aromatic amines is 1. The lowest BCUT2D eigenvalue weighted by molar-refractivity contribution is 0.391. The number of hydrogen-bond acceptors (Lipinski definition) is 5. The molecule has 142 valence electrons. The lowest BCUT2D eigenvalue weighted by Crippen LogP contribution is -2.05. The second kappa shape index (κ2) is 7.82. The van der Waals surface area contributed by atoms with Crippen molar-refractivity contribution in [2.75, 3.05) is 12.4 Å². The highest BCUT2D eigenvalue weighted by Crippen LogP contribution is 2.24. The van der Waals surface area contributed by atoms with Crippen LogP contribution in [0.25, 0.3) is 11.0 Å². The maximum Gasteiger partial charge on any atom is 0.218 e. The van der Waals surface area contributed by atoms with Gasteiger partial charge in [-0.05, 0) is 35.4 Å². The van der Waals surface area contributed by atoms with E-state index in [9.17, 15) is 4.39 Å². The van der Waals surface area contributed by atoms with Gasteiger partial charge >= 0.3 is 0 Å². The molecule has 2 N–H and O–H groups in total. The summed E-state index contributed by atoms with van der Waals surface area (Å²) in [6, 6.07) is 9.06. The fraction of sp³-hybridized carbons (Fsp3) is 0.150. The molecule has 0 amide bonds. The van der Waals surface area contributed by atoms with Crippen LogP contribution in [0.1, 0.15) is 16.7 Å². The van der Waals surface area contributed by atoms with Crippen LogP contribution in [0.4, 0.5) is 10.2 Å². The summed E-state index contributed by atoms with van der Waals surface area (Å²) in [6.07, 6.45) is 5.44. The summed E-state index contributed by atoms with van der Waals surface area (Å²) < 4.78 is 18.6. The van der Waals surface area contributed by atoms with Crippen molar-refractivity contribution in [2.45, 2.75) is 13.0 Å². The van der Waals surface area contributed by atoms with E-state index in [0.717, 1.165) is 28.4 Å². The van der Waals surface area contributed by atoms with Gasteiger partial charge in [0.15, 0.2) is 0 Å². The molecule has 4 aromatic rings. The Bertz CT molecular complexity index is 1130.